The normalized spacial score (nSPS) is 26.8. The molecule has 2 atom stereocenters. The van der Waals surface area contributed by atoms with Crippen molar-refractivity contribution in [2.45, 2.75) is 71.1 Å². The van der Waals surface area contributed by atoms with E-state index in [4.69, 9.17) is 0 Å². The van der Waals surface area contributed by atoms with Crippen molar-refractivity contribution in [1.29, 1.82) is 0 Å². The maximum Gasteiger partial charge on any atom is 0.00160 e. The summed E-state index contributed by atoms with van der Waals surface area (Å²) in [6, 6.07) is 0. The van der Waals surface area contributed by atoms with Gasteiger partial charge < -0.3 is 4.90 Å². The van der Waals surface area contributed by atoms with Crippen LogP contribution in [0.5, 0.6) is 0 Å². The van der Waals surface area contributed by atoms with E-state index in [1.54, 1.807) is 0 Å². The molecule has 0 unspecified atom stereocenters. The predicted octanol–water partition coefficient (Wildman–Crippen LogP) is 5.03. The highest BCUT2D eigenvalue weighted by Gasteiger charge is 2.31. The van der Waals surface area contributed by atoms with Crippen LogP contribution in [0.4, 0.5) is 0 Å². The Morgan fingerprint density at radius 2 is 1.32 bits per heavy atom. The van der Waals surface area contributed by atoms with Gasteiger partial charge >= 0.3 is 0 Å². The fraction of sp³-hybridized carbons (Fsp3) is 0.889. The molecule has 0 bridgehead atoms. The van der Waals surface area contributed by atoms with E-state index in [9.17, 15) is 0 Å². The van der Waals surface area contributed by atoms with Crippen LogP contribution in [0.1, 0.15) is 71.1 Å². The molecule has 0 saturated carbocycles. The summed E-state index contributed by atoms with van der Waals surface area (Å²) >= 11 is 0. The molecule has 1 fully saturated rings. The molecule has 1 aliphatic carbocycles. The molecule has 0 N–H and O–H groups in total. The maximum atomic E-state index is 2.74. The first kappa shape index (κ1) is 15.1. The van der Waals surface area contributed by atoms with Crippen LogP contribution in [0.3, 0.4) is 0 Å². The zero-order valence-electron chi connectivity index (χ0n) is 12.9. The molecule has 1 saturated heterocycles. The molecule has 0 spiro atoms. The molecule has 1 heterocycles. The Kier molecular flexibility index (Phi) is 6.98. The minimum atomic E-state index is 0.985. The minimum Gasteiger partial charge on any atom is -0.303 e. The van der Waals surface area contributed by atoms with Crippen molar-refractivity contribution in [3.8, 4) is 0 Å². The number of unbranched alkanes of at least 4 members (excludes halogenated alkanes) is 7. The average molecular weight is 263 g/mol. The second-order valence-electron chi connectivity index (χ2n) is 6.70. The Bertz CT molecular complexity index is 242. The van der Waals surface area contributed by atoms with Gasteiger partial charge in [-0.25, -0.2) is 0 Å². The number of fused-ring (bicyclic) bond motifs is 1. The molecule has 1 nitrogen and oxygen atoms in total. The van der Waals surface area contributed by atoms with Crippen LogP contribution < -0.4 is 0 Å². The molecule has 19 heavy (non-hydrogen) atoms. The monoisotopic (exact) mass is 263 g/mol. The fourth-order valence-corrected chi connectivity index (χ4v) is 3.76. The quantitative estimate of drug-likeness (QED) is 0.417. The van der Waals surface area contributed by atoms with Crippen LogP contribution >= 0.6 is 0 Å². The summed E-state index contributed by atoms with van der Waals surface area (Å²) in [5.41, 5.74) is 0. The molecule has 0 aromatic heterocycles. The summed E-state index contributed by atoms with van der Waals surface area (Å²) in [6.45, 7) is 6.42. The smallest absolute Gasteiger partial charge is 0.00160 e. The Morgan fingerprint density at radius 3 is 1.89 bits per heavy atom. The molecular formula is C18H33N. The third-order valence-electron chi connectivity index (χ3n) is 5.02. The van der Waals surface area contributed by atoms with Crippen LogP contribution in [0.2, 0.25) is 0 Å². The van der Waals surface area contributed by atoms with Crippen molar-refractivity contribution in [2.75, 3.05) is 19.6 Å². The van der Waals surface area contributed by atoms with Crippen molar-refractivity contribution < 1.29 is 0 Å². The standard InChI is InChI=1S/C18H33N/c1-2-3-4-5-6-7-8-11-14-19-15-17-12-9-10-13-18(17)16-19/h9-10,17-18H,2-8,11-16H2,1H3/t17-,18-/m1/s1. The van der Waals surface area contributed by atoms with Gasteiger partial charge in [0.25, 0.3) is 0 Å². The molecule has 110 valence electrons. The molecule has 2 rings (SSSR count). The zero-order valence-corrected chi connectivity index (χ0v) is 12.9. The first-order valence-electron chi connectivity index (χ1n) is 8.77. The summed E-state index contributed by atoms with van der Waals surface area (Å²) in [4.78, 5) is 2.74. The van der Waals surface area contributed by atoms with E-state index in [1.165, 1.54) is 83.8 Å². The van der Waals surface area contributed by atoms with E-state index in [0.29, 0.717) is 0 Å². The number of rotatable bonds is 9. The number of allylic oxidation sites excluding steroid dienone is 2. The lowest BCUT2D eigenvalue weighted by Gasteiger charge is -2.18. The fourth-order valence-electron chi connectivity index (χ4n) is 3.76. The van der Waals surface area contributed by atoms with Crippen molar-refractivity contribution >= 4 is 0 Å². The van der Waals surface area contributed by atoms with Crippen molar-refractivity contribution in [3.05, 3.63) is 12.2 Å². The summed E-state index contributed by atoms with van der Waals surface area (Å²) in [7, 11) is 0. The number of nitrogens with zero attached hydrogens (tertiary/aromatic N) is 1. The van der Waals surface area contributed by atoms with Crippen LogP contribution in [0.15, 0.2) is 12.2 Å². The number of hydrogen-bond acceptors (Lipinski definition) is 1. The van der Waals surface area contributed by atoms with Gasteiger partial charge in [0.1, 0.15) is 0 Å². The Hall–Kier alpha value is -0.300. The largest absolute Gasteiger partial charge is 0.303 e. The lowest BCUT2D eigenvalue weighted by molar-refractivity contribution is 0.312. The number of hydrogen-bond donors (Lipinski definition) is 0. The van der Waals surface area contributed by atoms with E-state index in [1.807, 2.05) is 0 Å². The molecule has 1 heteroatoms. The number of likely N-dealkylation sites (tertiary alicyclic amines) is 1. The highest BCUT2D eigenvalue weighted by molar-refractivity contribution is 4.99. The van der Waals surface area contributed by atoms with Crippen LogP contribution in [0.25, 0.3) is 0 Å². The first-order chi connectivity index (χ1) is 9.40. The molecular weight excluding hydrogens is 230 g/mol. The van der Waals surface area contributed by atoms with Crippen LogP contribution in [0, 0.1) is 11.8 Å². The van der Waals surface area contributed by atoms with E-state index < -0.39 is 0 Å². The predicted molar refractivity (Wildman–Crippen MR) is 84.4 cm³/mol. The minimum absolute atomic E-state index is 0.985. The second kappa shape index (κ2) is 8.79. The Morgan fingerprint density at radius 1 is 0.789 bits per heavy atom. The van der Waals surface area contributed by atoms with E-state index in [-0.39, 0.29) is 0 Å². The van der Waals surface area contributed by atoms with E-state index in [2.05, 4.69) is 24.0 Å². The Labute approximate surface area is 120 Å². The van der Waals surface area contributed by atoms with Crippen LogP contribution in [-0.4, -0.2) is 24.5 Å². The summed E-state index contributed by atoms with van der Waals surface area (Å²) < 4.78 is 0. The average Bonchev–Trinajstić information content (AvgIpc) is 2.84. The van der Waals surface area contributed by atoms with Gasteiger partial charge in [-0.1, -0.05) is 64.0 Å². The molecule has 0 amide bonds. The summed E-state index contributed by atoms with van der Waals surface area (Å²) in [6.07, 6.45) is 19.0. The SMILES string of the molecule is CCCCCCCCCCN1C[C@H]2CC=CC[C@@H]2C1. The lowest BCUT2D eigenvalue weighted by atomic mass is 9.86. The van der Waals surface area contributed by atoms with Gasteiger partial charge in [0.2, 0.25) is 0 Å². The molecule has 1 aliphatic heterocycles. The topological polar surface area (TPSA) is 3.24 Å². The van der Waals surface area contributed by atoms with Gasteiger partial charge in [0.15, 0.2) is 0 Å². The highest BCUT2D eigenvalue weighted by atomic mass is 15.1. The van der Waals surface area contributed by atoms with Crippen molar-refractivity contribution in [3.63, 3.8) is 0 Å². The van der Waals surface area contributed by atoms with Crippen molar-refractivity contribution in [1.82, 2.24) is 4.90 Å². The third kappa shape index (κ3) is 5.30. The van der Waals surface area contributed by atoms with Gasteiger partial charge in [-0.05, 0) is 37.6 Å². The second-order valence-corrected chi connectivity index (χ2v) is 6.70. The van der Waals surface area contributed by atoms with Gasteiger partial charge in [0.05, 0.1) is 0 Å². The third-order valence-corrected chi connectivity index (χ3v) is 5.02. The molecule has 0 aromatic carbocycles. The molecule has 0 radical (unpaired) electrons. The first-order valence-corrected chi connectivity index (χ1v) is 8.77. The van der Waals surface area contributed by atoms with E-state index >= 15 is 0 Å². The molecule has 2 aliphatic rings. The van der Waals surface area contributed by atoms with Gasteiger partial charge in [0, 0.05) is 13.1 Å². The van der Waals surface area contributed by atoms with Gasteiger partial charge in [-0.3, -0.25) is 0 Å². The zero-order chi connectivity index (χ0) is 13.3. The van der Waals surface area contributed by atoms with Gasteiger partial charge in [-0.15, -0.1) is 0 Å². The van der Waals surface area contributed by atoms with E-state index in [0.717, 1.165) is 11.8 Å². The lowest BCUT2D eigenvalue weighted by Crippen LogP contribution is -2.22. The molecule has 0 aromatic rings. The van der Waals surface area contributed by atoms with Gasteiger partial charge in [-0.2, -0.15) is 0 Å². The highest BCUT2D eigenvalue weighted by Crippen LogP contribution is 2.32. The Balaban J connectivity index is 1.44. The summed E-state index contributed by atoms with van der Waals surface area (Å²) in [5.74, 6) is 1.97. The van der Waals surface area contributed by atoms with Crippen molar-refractivity contribution in [2.24, 2.45) is 11.8 Å². The van der Waals surface area contributed by atoms with Crippen LogP contribution in [-0.2, 0) is 0 Å². The maximum absolute atomic E-state index is 2.74. The summed E-state index contributed by atoms with van der Waals surface area (Å²) in [5, 5.41) is 0.